The molecule has 30 heavy (non-hydrogen) atoms. The maximum atomic E-state index is 12.8. The number of imide groups is 1. The molecule has 2 heterocycles. The Morgan fingerprint density at radius 3 is 2.23 bits per heavy atom. The number of nitrogens with one attached hydrogen (secondary N) is 1. The molecule has 1 atom stereocenters. The van der Waals surface area contributed by atoms with Crippen LogP contribution in [0.15, 0.2) is 48.8 Å². The van der Waals surface area contributed by atoms with E-state index in [2.05, 4.69) is 10.3 Å². The summed E-state index contributed by atoms with van der Waals surface area (Å²) in [5.74, 6) is -2.37. The highest BCUT2D eigenvalue weighted by atomic mass is 16.5. The Morgan fingerprint density at radius 2 is 1.63 bits per heavy atom. The van der Waals surface area contributed by atoms with E-state index < -0.39 is 36.3 Å². The molecule has 1 aromatic heterocycles. The Balaban J connectivity index is 1.47. The summed E-state index contributed by atoms with van der Waals surface area (Å²) in [7, 11) is 0. The van der Waals surface area contributed by atoms with E-state index in [0.717, 1.165) is 30.6 Å². The number of ether oxygens (including phenoxy) is 1. The van der Waals surface area contributed by atoms with Crippen molar-refractivity contribution in [1.29, 1.82) is 0 Å². The van der Waals surface area contributed by atoms with Gasteiger partial charge in [-0.15, -0.1) is 0 Å². The van der Waals surface area contributed by atoms with E-state index in [1.54, 1.807) is 24.3 Å². The molecule has 1 aromatic carbocycles. The minimum absolute atomic E-state index is 0.0526. The number of esters is 1. The zero-order valence-corrected chi connectivity index (χ0v) is 16.2. The molecule has 1 saturated carbocycles. The Hall–Kier alpha value is -3.55. The lowest BCUT2D eigenvalue weighted by Crippen LogP contribution is -2.40. The van der Waals surface area contributed by atoms with E-state index in [-0.39, 0.29) is 17.2 Å². The molecular formula is C22H21N3O5. The van der Waals surface area contributed by atoms with E-state index in [1.807, 2.05) is 0 Å². The van der Waals surface area contributed by atoms with Gasteiger partial charge in [-0.1, -0.05) is 25.0 Å². The van der Waals surface area contributed by atoms with E-state index >= 15 is 0 Å². The van der Waals surface area contributed by atoms with Crippen LogP contribution in [0.5, 0.6) is 0 Å². The molecule has 1 aliphatic carbocycles. The molecule has 2 aromatic rings. The number of aromatic nitrogens is 1. The third-order valence-corrected chi connectivity index (χ3v) is 5.36. The molecule has 0 spiro atoms. The van der Waals surface area contributed by atoms with Crippen LogP contribution < -0.4 is 5.32 Å². The van der Waals surface area contributed by atoms with Gasteiger partial charge in [0, 0.05) is 24.0 Å². The quantitative estimate of drug-likeness (QED) is 0.580. The minimum atomic E-state index is -1.18. The highest BCUT2D eigenvalue weighted by Crippen LogP contribution is 2.24. The van der Waals surface area contributed by atoms with Crippen molar-refractivity contribution in [2.45, 2.75) is 37.8 Å². The lowest BCUT2D eigenvalue weighted by molar-refractivity contribution is -0.156. The third kappa shape index (κ3) is 3.94. The molecule has 0 unspecified atom stereocenters. The first-order valence-corrected chi connectivity index (χ1v) is 9.89. The summed E-state index contributed by atoms with van der Waals surface area (Å²) in [6, 6.07) is 9.61. The van der Waals surface area contributed by atoms with Gasteiger partial charge in [-0.2, -0.15) is 0 Å². The number of hydrogen-bond donors (Lipinski definition) is 1. The number of nitrogens with zero attached hydrogens (tertiary/aromatic N) is 2. The standard InChI is InChI=1S/C22H21N3O5/c26-18(13-25-21(28)16-7-3-4-8-17(16)22(25)29)30-19(14-9-11-23-12-10-14)20(27)24-15-5-1-2-6-15/h3-4,7-12,15,19H,1-2,5-6,13H2,(H,24,27)/t19-/m0/s1. The van der Waals surface area contributed by atoms with Crippen molar-refractivity contribution < 1.29 is 23.9 Å². The fourth-order valence-corrected chi connectivity index (χ4v) is 3.84. The highest BCUT2D eigenvalue weighted by molar-refractivity contribution is 6.22. The number of carbonyl (C=O) groups excluding carboxylic acids is 4. The largest absolute Gasteiger partial charge is 0.446 e. The molecule has 8 nitrogen and oxygen atoms in total. The number of amides is 3. The zero-order valence-electron chi connectivity index (χ0n) is 16.2. The molecular weight excluding hydrogens is 386 g/mol. The molecule has 4 rings (SSSR count). The van der Waals surface area contributed by atoms with Gasteiger partial charge < -0.3 is 10.1 Å². The molecule has 2 aliphatic rings. The van der Waals surface area contributed by atoms with Crippen molar-refractivity contribution >= 4 is 23.7 Å². The van der Waals surface area contributed by atoms with Crippen molar-refractivity contribution in [3.05, 3.63) is 65.5 Å². The summed E-state index contributed by atoms with van der Waals surface area (Å²) in [6.45, 7) is -0.565. The second-order valence-electron chi connectivity index (χ2n) is 7.38. The van der Waals surface area contributed by atoms with Gasteiger partial charge in [0.25, 0.3) is 17.7 Å². The van der Waals surface area contributed by atoms with E-state index in [0.29, 0.717) is 5.56 Å². The Kier molecular flexibility index (Phi) is 5.56. The van der Waals surface area contributed by atoms with Crippen molar-refractivity contribution in [3.8, 4) is 0 Å². The molecule has 0 bridgehead atoms. The minimum Gasteiger partial charge on any atom is -0.446 e. The van der Waals surface area contributed by atoms with Gasteiger partial charge in [-0.3, -0.25) is 29.1 Å². The van der Waals surface area contributed by atoms with Crippen molar-refractivity contribution in [2.75, 3.05) is 6.54 Å². The maximum Gasteiger partial charge on any atom is 0.327 e. The number of carbonyl (C=O) groups is 4. The van der Waals surface area contributed by atoms with Crippen LogP contribution in [0.25, 0.3) is 0 Å². The van der Waals surface area contributed by atoms with Gasteiger partial charge in [-0.05, 0) is 37.1 Å². The van der Waals surface area contributed by atoms with Crippen LogP contribution in [0.1, 0.15) is 58.1 Å². The predicted octanol–water partition coefficient (Wildman–Crippen LogP) is 2.02. The van der Waals surface area contributed by atoms with Gasteiger partial charge >= 0.3 is 5.97 Å². The predicted molar refractivity (Wildman–Crippen MR) is 105 cm³/mol. The van der Waals surface area contributed by atoms with Crippen LogP contribution >= 0.6 is 0 Å². The summed E-state index contributed by atoms with van der Waals surface area (Å²) in [4.78, 5) is 55.1. The molecule has 1 fully saturated rings. The topological polar surface area (TPSA) is 106 Å². The monoisotopic (exact) mass is 407 g/mol. The summed E-state index contributed by atoms with van der Waals surface area (Å²) in [5.41, 5.74) is 0.969. The number of fused-ring (bicyclic) bond motifs is 1. The molecule has 0 saturated heterocycles. The van der Waals surface area contributed by atoms with E-state index in [4.69, 9.17) is 4.74 Å². The fourth-order valence-electron chi connectivity index (χ4n) is 3.84. The fraction of sp³-hybridized carbons (Fsp3) is 0.318. The van der Waals surface area contributed by atoms with Crippen LogP contribution in [0, 0.1) is 0 Å². The average Bonchev–Trinajstić information content (AvgIpc) is 3.35. The summed E-state index contributed by atoms with van der Waals surface area (Å²) in [5, 5.41) is 2.92. The summed E-state index contributed by atoms with van der Waals surface area (Å²) < 4.78 is 5.44. The highest BCUT2D eigenvalue weighted by Gasteiger charge is 2.37. The molecule has 1 aliphatic heterocycles. The lowest BCUT2D eigenvalue weighted by atomic mass is 10.1. The van der Waals surface area contributed by atoms with Crippen molar-refractivity contribution in [2.24, 2.45) is 0 Å². The SMILES string of the molecule is O=C(CN1C(=O)c2ccccc2C1=O)O[C@H](C(=O)NC1CCCC1)c1ccncc1. The van der Waals surface area contributed by atoms with E-state index in [1.165, 1.54) is 24.5 Å². The normalized spacial score (nSPS) is 17.0. The van der Waals surface area contributed by atoms with Gasteiger partial charge in [0.1, 0.15) is 6.54 Å². The first-order chi connectivity index (χ1) is 14.5. The third-order valence-electron chi connectivity index (χ3n) is 5.36. The number of hydrogen-bond acceptors (Lipinski definition) is 6. The molecule has 0 radical (unpaired) electrons. The Labute approximate surface area is 173 Å². The van der Waals surface area contributed by atoms with Crippen LogP contribution in [0.3, 0.4) is 0 Å². The average molecular weight is 407 g/mol. The summed E-state index contributed by atoms with van der Waals surface area (Å²) >= 11 is 0. The van der Waals surface area contributed by atoms with Gasteiger partial charge in [0.2, 0.25) is 6.10 Å². The Morgan fingerprint density at radius 1 is 1.03 bits per heavy atom. The van der Waals surface area contributed by atoms with Crippen LogP contribution in [0.2, 0.25) is 0 Å². The Bertz CT molecular complexity index is 950. The molecule has 1 N–H and O–H groups in total. The zero-order chi connectivity index (χ0) is 21.1. The lowest BCUT2D eigenvalue weighted by Gasteiger charge is -2.21. The smallest absolute Gasteiger partial charge is 0.327 e. The van der Waals surface area contributed by atoms with Crippen molar-refractivity contribution in [3.63, 3.8) is 0 Å². The second-order valence-corrected chi connectivity index (χ2v) is 7.38. The molecule has 154 valence electrons. The first-order valence-electron chi connectivity index (χ1n) is 9.89. The van der Waals surface area contributed by atoms with E-state index in [9.17, 15) is 19.2 Å². The van der Waals surface area contributed by atoms with Gasteiger partial charge in [0.15, 0.2) is 0 Å². The molecule has 3 amide bonds. The number of rotatable bonds is 6. The van der Waals surface area contributed by atoms with Crippen LogP contribution in [0.4, 0.5) is 0 Å². The second kappa shape index (κ2) is 8.44. The van der Waals surface area contributed by atoms with Gasteiger partial charge in [0.05, 0.1) is 11.1 Å². The van der Waals surface area contributed by atoms with Crippen LogP contribution in [-0.2, 0) is 14.3 Å². The van der Waals surface area contributed by atoms with Crippen LogP contribution in [-0.4, -0.2) is 46.2 Å². The summed E-state index contributed by atoms with van der Waals surface area (Å²) in [6.07, 6.45) is 5.69. The van der Waals surface area contributed by atoms with Gasteiger partial charge in [-0.25, -0.2) is 0 Å². The van der Waals surface area contributed by atoms with Crippen molar-refractivity contribution in [1.82, 2.24) is 15.2 Å². The maximum absolute atomic E-state index is 12.8. The number of pyridine rings is 1. The number of benzene rings is 1. The first kappa shape index (κ1) is 19.8. The molecule has 8 heteroatoms.